The average Bonchev–Trinajstić information content (AvgIpc) is 2.44. The zero-order valence-corrected chi connectivity index (χ0v) is 11.1. The highest BCUT2D eigenvalue weighted by Crippen LogP contribution is 2.14. The predicted molar refractivity (Wildman–Crippen MR) is 66.5 cm³/mol. The van der Waals surface area contributed by atoms with Gasteiger partial charge in [-0.1, -0.05) is 30.3 Å². The number of carbonyl (C=O) groups excluding carboxylic acids is 2. The summed E-state index contributed by atoms with van der Waals surface area (Å²) in [5.74, 6) is -0.775. The molecule has 0 unspecified atom stereocenters. The third-order valence-corrected chi connectivity index (χ3v) is 2.43. The monoisotopic (exact) mass is 305 g/mol. The first-order chi connectivity index (χ1) is 9.81. The van der Waals surface area contributed by atoms with E-state index in [0.29, 0.717) is 5.56 Å². The number of hydrogen-bond acceptors (Lipinski definition) is 4. The zero-order chi connectivity index (χ0) is 15.9. The largest absolute Gasteiger partial charge is 0.467 e. The molecule has 5 nitrogen and oxygen atoms in total. The smallest absolute Gasteiger partial charge is 0.422 e. The molecule has 0 saturated carbocycles. The first-order valence-electron chi connectivity index (χ1n) is 5.93. The molecule has 0 radical (unpaired) electrons. The molecule has 0 aliphatic carbocycles. The number of carbonyl (C=O) groups is 2. The van der Waals surface area contributed by atoms with Gasteiger partial charge in [0.1, 0.15) is 6.04 Å². The molecule has 1 atom stereocenters. The SMILES string of the molecule is COC(=O)[C@H](Cc1ccccc1)NC(=O)OCC(F)(F)F. The summed E-state index contributed by atoms with van der Waals surface area (Å²) < 4.78 is 44.3. The van der Waals surface area contributed by atoms with Crippen LogP contribution in [0.15, 0.2) is 30.3 Å². The molecule has 116 valence electrons. The van der Waals surface area contributed by atoms with Gasteiger partial charge in [-0.15, -0.1) is 0 Å². The molecule has 0 bridgehead atoms. The van der Waals surface area contributed by atoms with Crippen molar-refractivity contribution in [3.63, 3.8) is 0 Å². The quantitative estimate of drug-likeness (QED) is 0.846. The van der Waals surface area contributed by atoms with E-state index in [0.717, 1.165) is 7.11 Å². The van der Waals surface area contributed by atoms with E-state index in [1.54, 1.807) is 30.3 Å². The number of alkyl carbamates (subject to hydrolysis) is 1. The van der Waals surface area contributed by atoms with Gasteiger partial charge in [0.25, 0.3) is 0 Å². The van der Waals surface area contributed by atoms with E-state index >= 15 is 0 Å². The zero-order valence-electron chi connectivity index (χ0n) is 11.1. The van der Waals surface area contributed by atoms with Crippen LogP contribution in [-0.4, -0.2) is 38.0 Å². The number of rotatable bonds is 5. The van der Waals surface area contributed by atoms with Crippen LogP contribution in [0.1, 0.15) is 5.56 Å². The molecule has 1 aromatic carbocycles. The second-order valence-corrected chi connectivity index (χ2v) is 4.10. The second-order valence-electron chi connectivity index (χ2n) is 4.10. The molecular formula is C13H14F3NO4. The highest BCUT2D eigenvalue weighted by atomic mass is 19.4. The van der Waals surface area contributed by atoms with Crippen molar-refractivity contribution in [3.05, 3.63) is 35.9 Å². The third kappa shape index (κ3) is 6.64. The number of alkyl halides is 3. The normalized spacial score (nSPS) is 12.4. The summed E-state index contributed by atoms with van der Waals surface area (Å²) >= 11 is 0. The molecule has 1 aromatic rings. The van der Waals surface area contributed by atoms with Gasteiger partial charge in [0.05, 0.1) is 7.11 Å². The van der Waals surface area contributed by atoms with E-state index in [1.165, 1.54) is 0 Å². The van der Waals surface area contributed by atoms with Gasteiger partial charge in [-0.3, -0.25) is 0 Å². The van der Waals surface area contributed by atoms with Gasteiger partial charge in [0.2, 0.25) is 0 Å². The number of benzene rings is 1. The molecule has 1 rings (SSSR count). The Morgan fingerprint density at radius 3 is 2.38 bits per heavy atom. The first kappa shape index (κ1) is 16.8. The third-order valence-electron chi connectivity index (χ3n) is 2.43. The highest BCUT2D eigenvalue weighted by Gasteiger charge is 2.30. The lowest BCUT2D eigenvalue weighted by Crippen LogP contribution is -2.44. The van der Waals surface area contributed by atoms with Crippen LogP contribution in [0.5, 0.6) is 0 Å². The van der Waals surface area contributed by atoms with Crippen molar-refractivity contribution in [3.8, 4) is 0 Å². The molecule has 0 fully saturated rings. The van der Waals surface area contributed by atoms with Gasteiger partial charge in [-0.25, -0.2) is 9.59 Å². The fourth-order valence-electron chi connectivity index (χ4n) is 1.52. The van der Waals surface area contributed by atoms with Crippen LogP contribution < -0.4 is 5.32 Å². The van der Waals surface area contributed by atoms with E-state index in [9.17, 15) is 22.8 Å². The Labute approximate surface area is 119 Å². The fraction of sp³-hybridized carbons (Fsp3) is 0.385. The minimum atomic E-state index is -4.63. The van der Waals surface area contributed by atoms with Gasteiger partial charge in [-0.2, -0.15) is 13.2 Å². The maximum absolute atomic E-state index is 11.9. The molecule has 1 N–H and O–H groups in total. The van der Waals surface area contributed by atoms with Gasteiger partial charge in [-0.05, 0) is 5.56 Å². The number of esters is 1. The standard InChI is InChI=1S/C13H14F3NO4/c1-20-11(18)10(7-9-5-3-2-4-6-9)17-12(19)21-8-13(14,15)16/h2-6,10H,7-8H2,1H3,(H,17,19)/t10-/m0/s1. The van der Waals surface area contributed by atoms with Crippen LogP contribution in [0.3, 0.4) is 0 Å². The van der Waals surface area contributed by atoms with E-state index in [2.05, 4.69) is 14.8 Å². The topological polar surface area (TPSA) is 64.6 Å². The Kier molecular flexibility index (Phi) is 6.01. The number of nitrogens with one attached hydrogen (secondary N) is 1. The van der Waals surface area contributed by atoms with Crippen molar-refractivity contribution in [1.29, 1.82) is 0 Å². The molecule has 0 aliphatic rings. The Morgan fingerprint density at radius 1 is 1.24 bits per heavy atom. The molecule has 1 amide bonds. The van der Waals surface area contributed by atoms with Crippen LogP contribution in [0.2, 0.25) is 0 Å². The minimum Gasteiger partial charge on any atom is -0.467 e. The van der Waals surface area contributed by atoms with Crippen LogP contribution >= 0.6 is 0 Å². The molecule has 0 saturated heterocycles. The molecular weight excluding hydrogens is 291 g/mol. The number of halogens is 3. The summed E-state index contributed by atoms with van der Waals surface area (Å²) in [5.41, 5.74) is 0.712. The van der Waals surface area contributed by atoms with Gasteiger partial charge in [0.15, 0.2) is 6.61 Å². The highest BCUT2D eigenvalue weighted by molar-refractivity contribution is 5.81. The summed E-state index contributed by atoms with van der Waals surface area (Å²) in [7, 11) is 1.11. The summed E-state index contributed by atoms with van der Waals surface area (Å²) in [4.78, 5) is 22.8. The lowest BCUT2D eigenvalue weighted by Gasteiger charge is -2.17. The Hall–Kier alpha value is -2.25. The van der Waals surface area contributed by atoms with Crippen molar-refractivity contribution in [2.45, 2.75) is 18.6 Å². The number of amides is 1. The predicted octanol–water partition coefficient (Wildman–Crippen LogP) is 2.06. The minimum absolute atomic E-state index is 0.0780. The van der Waals surface area contributed by atoms with Crippen LogP contribution in [0.25, 0.3) is 0 Å². The van der Waals surface area contributed by atoms with E-state index in [-0.39, 0.29) is 6.42 Å². The van der Waals surface area contributed by atoms with Crippen LogP contribution in [0.4, 0.5) is 18.0 Å². The second kappa shape index (κ2) is 7.51. The summed E-state index contributed by atoms with van der Waals surface area (Å²) in [5, 5.41) is 2.05. The van der Waals surface area contributed by atoms with Crippen LogP contribution in [0, 0.1) is 0 Å². The van der Waals surface area contributed by atoms with E-state index in [1.807, 2.05) is 0 Å². The van der Waals surface area contributed by atoms with Crippen molar-refractivity contribution in [1.82, 2.24) is 5.32 Å². The maximum atomic E-state index is 11.9. The Bertz CT molecular complexity index is 476. The number of ether oxygens (including phenoxy) is 2. The lowest BCUT2D eigenvalue weighted by molar-refractivity contribution is -0.160. The van der Waals surface area contributed by atoms with E-state index < -0.39 is 30.9 Å². The lowest BCUT2D eigenvalue weighted by atomic mass is 10.1. The van der Waals surface area contributed by atoms with Crippen molar-refractivity contribution in [2.75, 3.05) is 13.7 Å². The van der Waals surface area contributed by atoms with Gasteiger partial charge < -0.3 is 14.8 Å². The maximum Gasteiger partial charge on any atom is 0.422 e. The fourth-order valence-corrected chi connectivity index (χ4v) is 1.52. The molecule has 0 aromatic heterocycles. The average molecular weight is 305 g/mol. The molecule has 21 heavy (non-hydrogen) atoms. The van der Waals surface area contributed by atoms with E-state index in [4.69, 9.17) is 0 Å². The summed E-state index contributed by atoms with van der Waals surface area (Å²) in [6.07, 6.45) is -5.88. The number of methoxy groups -OCH3 is 1. The Morgan fingerprint density at radius 2 is 1.86 bits per heavy atom. The molecule has 0 spiro atoms. The van der Waals surface area contributed by atoms with Crippen molar-refractivity contribution < 1.29 is 32.2 Å². The molecule has 0 aliphatic heterocycles. The van der Waals surface area contributed by atoms with Gasteiger partial charge in [0, 0.05) is 6.42 Å². The molecule has 0 heterocycles. The van der Waals surface area contributed by atoms with Gasteiger partial charge >= 0.3 is 18.2 Å². The van der Waals surface area contributed by atoms with Crippen molar-refractivity contribution in [2.24, 2.45) is 0 Å². The number of hydrogen-bond donors (Lipinski definition) is 1. The van der Waals surface area contributed by atoms with Crippen molar-refractivity contribution >= 4 is 12.1 Å². The summed E-state index contributed by atoms with van der Waals surface area (Å²) in [6.45, 7) is -1.72. The Balaban J connectivity index is 2.62. The summed E-state index contributed by atoms with van der Waals surface area (Å²) in [6, 6.07) is 7.51. The molecule has 8 heteroatoms. The van der Waals surface area contributed by atoms with Crippen LogP contribution in [-0.2, 0) is 20.7 Å². The first-order valence-corrected chi connectivity index (χ1v) is 5.93.